The zero-order valence-electron chi connectivity index (χ0n) is 12.3. The van der Waals surface area contributed by atoms with Gasteiger partial charge in [-0.3, -0.25) is 0 Å². The van der Waals surface area contributed by atoms with E-state index in [1.807, 2.05) is 6.92 Å². The van der Waals surface area contributed by atoms with E-state index in [2.05, 4.69) is 48.4 Å². The molecule has 1 aliphatic heterocycles. The Morgan fingerprint density at radius 3 is 2.70 bits per heavy atom. The molecule has 1 aromatic heterocycles. The summed E-state index contributed by atoms with van der Waals surface area (Å²) in [6.45, 7) is 9.70. The Balaban J connectivity index is 1.86. The van der Waals surface area contributed by atoms with Crippen LogP contribution in [0, 0.1) is 5.92 Å². The largest absolute Gasteiger partial charge is 0.369 e. The molecule has 0 bridgehead atoms. The van der Waals surface area contributed by atoms with E-state index in [0.29, 0.717) is 5.95 Å². The molecule has 112 valence electrons. The van der Waals surface area contributed by atoms with E-state index in [9.17, 15) is 0 Å². The summed E-state index contributed by atoms with van der Waals surface area (Å²) in [6, 6.07) is 0. The predicted molar refractivity (Wildman–Crippen MR) is 87.2 cm³/mol. The standard InChI is InChI=1S/C14H24BrN5/c1-3-16-14-18-10-12(15)13(19-14)17-9-11-5-7-20(4-2)8-6-11/h10-11H,3-9H2,1-2H3,(H2,16,17,18,19). The van der Waals surface area contributed by atoms with E-state index in [1.54, 1.807) is 6.20 Å². The van der Waals surface area contributed by atoms with E-state index in [0.717, 1.165) is 29.3 Å². The van der Waals surface area contributed by atoms with Gasteiger partial charge in [0.15, 0.2) is 0 Å². The number of hydrogen-bond acceptors (Lipinski definition) is 5. The lowest BCUT2D eigenvalue weighted by Gasteiger charge is -2.31. The molecule has 6 heteroatoms. The summed E-state index contributed by atoms with van der Waals surface area (Å²) in [7, 11) is 0. The normalized spacial score (nSPS) is 17.1. The first kappa shape index (κ1) is 15.5. The van der Waals surface area contributed by atoms with E-state index < -0.39 is 0 Å². The lowest BCUT2D eigenvalue weighted by molar-refractivity contribution is 0.198. The second kappa shape index (κ2) is 7.78. The molecule has 2 rings (SSSR count). The number of piperidine rings is 1. The fourth-order valence-electron chi connectivity index (χ4n) is 2.48. The van der Waals surface area contributed by atoms with Crippen LogP contribution in [-0.4, -0.2) is 47.6 Å². The van der Waals surface area contributed by atoms with Gasteiger partial charge in [-0.1, -0.05) is 6.92 Å². The topological polar surface area (TPSA) is 53.1 Å². The van der Waals surface area contributed by atoms with Gasteiger partial charge < -0.3 is 15.5 Å². The summed E-state index contributed by atoms with van der Waals surface area (Å²) in [5, 5.41) is 6.59. The van der Waals surface area contributed by atoms with Gasteiger partial charge in [0.1, 0.15) is 5.82 Å². The highest BCUT2D eigenvalue weighted by Gasteiger charge is 2.18. The summed E-state index contributed by atoms with van der Waals surface area (Å²) < 4.78 is 0.921. The fraction of sp³-hybridized carbons (Fsp3) is 0.714. The molecule has 20 heavy (non-hydrogen) atoms. The Bertz CT molecular complexity index is 418. The molecule has 0 saturated carbocycles. The number of hydrogen-bond donors (Lipinski definition) is 2. The summed E-state index contributed by atoms with van der Waals surface area (Å²) in [5.41, 5.74) is 0. The van der Waals surface area contributed by atoms with E-state index in [4.69, 9.17) is 0 Å². The molecule has 1 aromatic rings. The minimum absolute atomic E-state index is 0.680. The van der Waals surface area contributed by atoms with E-state index >= 15 is 0 Å². The lowest BCUT2D eigenvalue weighted by Crippen LogP contribution is -2.35. The molecular formula is C14H24BrN5. The SMILES string of the molecule is CCNc1ncc(Br)c(NCC2CCN(CC)CC2)n1. The van der Waals surface area contributed by atoms with Crippen LogP contribution in [0.2, 0.25) is 0 Å². The van der Waals surface area contributed by atoms with Crippen molar-refractivity contribution >= 4 is 27.7 Å². The van der Waals surface area contributed by atoms with Gasteiger partial charge in [0.25, 0.3) is 0 Å². The van der Waals surface area contributed by atoms with Crippen molar-refractivity contribution in [2.75, 3.05) is 43.4 Å². The van der Waals surface area contributed by atoms with Crippen LogP contribution in [0.3, 0.4) is 0 Å². The Kier molecular flexibility index (Phi) is 6.04. The van der Waals surface area contributed by atoms with Crippen LogP contribution in [0.25, 0.3) is 0 Å². The molecule has 1 aliphatic rings. The van der Waals surface area contributed by atoms with Crippen LogP contribution in [0.5, 0.6) is 0 Å². The van der Waals surface area contributed by atoms with Gasteiger partial charge in [0, 0.05) is 19.3 Å². The Hall–Kier alpha value is -0.880. The Morgan fingerprint density at radius 2 is 2.05 bits per heavy atom. The zero-order valence-corrected chi connectivity index (χ0v) is 13.9. The van der Waals surface area contributed by atoms with Gasteiger partial charge in [-0.05, 0) is 61.2 Å². The van der Waals surface area contributed by atoms with Crippen molar-refractivity contribution in [2.45, 2.75) is 26.7 Å². The van der Waals surface area contributed by atoms with Gasteiger partial charge in [-0.2, -0.15) is 4.98 Å². The fourth-order valence-corrected chi connectivity index (χ4v) is 2.81. The maximum atomic E-state index is 4.49. The molecule has 0 unspecified atom stereocenters. The van der Waals surface area contributed by atoms with Crippen molar-refractivity contribution < 1.29 is 0 Å². The molecule has 0 atom stereocenters. The number of likely N-dealkylation sites (tertiary alicyclic amines) is 1. The summed E-state index contributed by atoms with van der Waals surface area (Å²) in [6.07, 6.45) is 4.33. The minimum Gasteiger partial charge on any atom is -0.369 e. The average Bonchev–Trinajstić information content (AvgIpc) is 2.48. The van der Waals surface area contributed by atoms with E-state index in [1.165, 1.54) is 32.5 Å². The van der Waals surface area contributed by atoms with Crippen molar-refractivity contribution in [1.82, 2.24) is 14.9 Å². The monoisotopic (exact) mass is 341 g/mol. The molecule has 5 nitrogen and oxygen atoms in total. The second-order valence-electron chi connectivity index (χ2n) is 5.18. The van der Waals surface area contributed by atoms with Crippen LogP contribution in [0.4, 0.5) is 11.8 Å². The zero-order chi connectivity index (χ0) is 14.4. The lowest BCUT2D eigenvalue weighted by atomic mass is 9.97. The summed E-state index contributed by atoms with van der Waals surface area (Å²) in [5.74, 6) is 2.30. The number of aromatic nitrogens is 2. The first-order valence-corrected chi connectivity index (χ1v) is 8.24. The number of halogens is 1. The van der Waals surface area contributed by atoms with Gasteiger partial charge in [0.05, 0.1) is 4.47 Å². The summed E-state index contributed by atoms with van der Waals surface area (Å²) in [4.78, 5) is 11.2. The maximum absolute atomic E-state index is 4.49. The Morgan fingerprint density at radius 1 is 1.30 bits per heavy atom. The van der Waals surface area contributed by atoms with Gasteiger partial charge in [0.2, 0.25) is 5.95 Å². The van der Waals surface area contributed by atoms with Crippen LogP contribution < -0.4 is 10.6 Å². The number of nitrogens with zero attached hydrogens (tertiary/aromatic N) is 3. The van der Waals surface area contributed by atoms with Gasteiger partial charge in [-0.25, -0.2) is 4.98 Å². The van der Waals surface area contributed by atoms with Crippen molar-refractivity contribution in [1.29, 1.82) is 0 Å². The van der Waals surface area contributed by atoms with Crippen molar-refractivity contribution in [3.05, 3.63) is 10.7 Å². The third-order valence-electron chi connectivity index (χ3n) is 3.79. The second-order valence-corrected chi connectivity index (χ2v) is 6.03. The van der Waals surface area contributed by atoms with Crippen molar-refractivity contribution in [3.63, 3.8) is 0 Å². The predicted octanol–water partition coefficient (Wildman–Crippen LogP) is 2.81. The van der Waals surface area contributed by atoms with Crippen LogP contribution in [0.15, 0.2) is 10.7 Å². The molecule has 0 radical (unpaired) electrons. The molecule has 0 amide bonds. The molecular weight excluding hydrogens is 318 g/mol. The quantitative estimate of drug-likeness (QED) is 0.833. The van der Waals surface area contributed by atoms with Crippen molar-refractivity contribution in [3.8, 4) is 0 Å². The number of anilines is 2. The van der Waals surface area contributed by atoms with Crippen LogP contribution in [-0.2, 0) is 0 Å². The molecule has 0 spiro atoms. The average molecular weight is 342 g/mol. The molecule has 2 heterocycles. The maximum Gasteiger partial charge on any atom is 0.224 e. The first-order chi connectivity index (χ1) is 9.72. The number of nitrogens with one attached hydrogen (secondary N) is 2. The highest BCUT2D eigenvalue weighted by Crippen LogP contribution is 2.22. The van der Waals surface area contributed by atoms with Crippen molar-refractivity contribution in [2.24, 2.45) is 5.92 Å². The number of rotatable bonds is 6. The highest BCUT2D eigenvalue weighted by molar-refractivity contribution is 9.10. The Labute approximate surface area is 129 Å². The minimum atomic E-state index is 0.680. The van der Waals surface area contributed by atoms with E-state index in [-0.39, 0.29) is 0 Å². The van der Waals surface area contributed by atoms with Gasteiger partial charge >= 0.3 is 0 Å². The summed E-state index contributed by atoms with van der Waals surface area (Å²) >= 11 is 3.50. The molecule has 1 fully saturated rings. The first-order valence-electron chi connectivity index (χ1n) is 7.45. The highest BCUT2D eigenvalue weighted by atomic mass is 79.9. The molecule has 2 N–H and O–H groups in total. The van der Waals surface area contributed by atoms with Crippen LogP contribution in [0.1, 0.15) is 26.7 Å². The molecule has 1 saturated heterocycles. The van der Waals surface area contributed by atoms with Crippen LogP contribution >= 0.6 is 15.9 Å². The smallest absolute Gasteiger partial charge is 0.224 e. The molecule has 0 aromatic carbocycles. The van der Waals surface area contributed by atoms with Gasteiger partial charge in [-0.15, -0.1) is 0 Å². The third-order valence-corrected chi connectivity index (χ3v) is 4.37. The molecule has 0 aliphatic carbocycles. The third kappa shape index (κ3) is 4.31.